The first-order valence-corrected chi connectivity index (χ1v) is 7.45. The van der Waals surface area contributed by atoms with Crippen molar-refractivity contribution in [2.75, 3.05) is 6.54 Å². The van der Waals surface area contributed by atoms with E-state index in [0.29, 0.717) is 11.6 Å². The van der Waals surface area contributed by atoms with E-state index in [1.54, 1.807) is 12.3 Å². The average molecular weight is 285 g/mol. The van der Waals surface area contributed by atoms with E-state index in [1.807, 2.05) is 12.1 Å². The minimum Gasteiger partial charge on any atom is -0.314 e. The van der Waals surface area contributed by atoms with Crippen LogP contribution in [0.3, 0.4) is 0 Å². The van der Waals surface area contributed by atoms with Crippen molar-refractivity contribution in [2.24, 2.45) is 5.92 Å². The molecule has 5 heteroatoms. The molecule has 1 aromatic heterocycles. The van der Waals surface area contributed by atoms with Crippen molar-refractivity contribution in [3.8, 4) is 0 Å². The van der Waals surface area contributed by atoms with Gasteiger partial charge in [-0.05, 0) is 43.4 Å². The second-order valence-corrected chi connectivity index (χ2v) is 5.61. The summed E-state index contributed by atoms with van der Waals surface area (Å²) in [4.78, 5) is 15.0. The first-order chi connectivity index (χ1) is 10.2. The molecule has 1 heterocycles. The van der Waals surface area contributed by atoms with E-state index < -0.39 is 0 Å². The number of non-ortho nitro benzene ring substituents is 1. The molecule has 1 fully saturated rings. The Labute approximate surface area is 123 Å². The molecule has 1 N–H and O–H groups in total. The lowest BCUT2D eigenvalue weighted by atomic mass is 9.98. The Morgan fingerprint density at radius 3 is 2.90 bits per heavy atom. The van der Waals surface area contributed by atoms with E-state index in [4.69, 9.17) is 0 Å². The number of hydrogen-bond donors (Lipinski definition) is 1. The van der Waals surface area contributed by atoms with Gasteiger partial charge in [0.2, 0.25) is 0 Å². The van der Waals surface area contributed by atoms with Crippen LogP contribution in [0.4, 0.5) is 5.69 Å². The SMILES string of the molecule is CCNC(Cc1ccnc2c([N+](=O)[O-])cccc12)C1CC1. The molecule has 3 rings (SSSR count). The number of fused-ring (bicyclic) bond motifs is 1. The molecule has 1 aliphatic carbocycles. The molecule has 0 radical (unpaired) electrons. The molecule has 110 valence electrons. The standard InChI is InChI=1S/C16H19N3O2/c1-2-17-14(11-6-7-11)10-12-8-9-18-16-13(12)4-3-5-15(16)19(20)21/h3-5,8-9,11,14,17H,2,6-7,10H2,1H3. The number of nitrogens with zero attached hydrogens (tertiary/aromatic N) is 2. The van der Waals surface area contributed by atoms with Gasteiger partial charge < -0.3 is 5.32 Å². The van der Waals surface area contributed by atoms with Crippen LogP contribution in [0.15, 0.2) is 30.5 Å². The third-order valence-electron chi connectivity index (χ3n) is 4.13. The third-order valence-corrected chi connectivity index (χ3v) is 4.13. The van der Waals surface area contributed by atoms with Crippen molar-refractivity contribution < 1.29 is 4.92 Å². The number of nitro groups is 1. The largest absolute Gasteiger partial charge is 0.314 e. The Morgan fingerprint density at radius 2 is 2.24 bits per heavy atom. The van der Waals surface area contributed by atoms with E-state index in [9.17, 15) is 10.1 Å². The molecule has 0 bridgehead atoms. The number of benzene rings is 1. The summed E-state index contributed by atoms with van der Waals surface area (Å²) in [6.45, 7) is 3.06. The summed E-state index contributed by atoms with van der Waals surface area (Å²) in [6.07, 6.45) is 5.14. The molecule has 0 saturated heterocycles. The van der Waals surface area contributed by atoms with Crippen LogP contribution in [0.25, 0.3) is 10.9 Å². The van der Waals surface area contributed by atoms with Crippen molar-refractivity contribution in [2.45, 2.75) is 32.2 Å². The summed E-state index contributed by atoms with van der Waals surface area (Å²) in [5, 5.41) is 15.6. The molecule has 21 heavy (non-hydrogen) atoms. The van der Waals surface area contributed by atoms with E-state index in [1.165, 1.54) is 18.9 Å². The van der Waals surface area contributed by atoms with Gasteiger partial charge in [0, 0.05) is 23.7 Å². The Kier molecular flexibility index (Phi) is 3.84. The third kappa shape index (κ3) is 2.88. The van der Waals surface area contributed by atoms with Crippen LogP contribution in [-0.4, -0.2) is 22.5 Å². The van der Waals surface area contributed by atoms with Crippen LogP contribution >= 0.6 is 0 Å². The molecule has 1 aromatic carbocycles. The second kappa shape index (κ2) is 5.77. The maximum absolute atomic E-state index is 11.1. The summed E-state index contributed by atoms with van der Waals surface area (Å²) in [7, 11) is 0. The Balaban J connectivity index is 1.98. The lowest BCUT2D eigenvalue weighted by Gasteiger charge is -2.18. The number of likely N-dealkylation sites (N-methyl/N-ethyl adjacent to an activating group) is 1. The van der Waals surface area contributed by atoms with Gasteiger partial charge in [-0.2, -0.15) is 0 Å². The number of rotatable bonds is 6. The highest BCUT2D eigenvalue weighted by Gasteiger charge is 2.31. The monoisotopic (exact) mass is 285 g/mol. The fraction of sp³-hybridized carbons (Fsp3) is 0.438. The number of aromatic nitrogens is 1. The van der Waals surface area contributed by atoms with Crippen molar-refractivity contribution in [1.82, 2.24) is 10.3 Å². The highest BCUT2D eigenvalue weighted by molar-refractivity contribution is 5.89. The van der Waals surface area contributed by atoms with Crippen LogP contribution in [0, 0.1) is 16.0 Å². The van der Waals surface area contributed by atoms with Gasteiger partial charge in [-0.3, -0.25) is 10.1 Å². The number of hydrogen-bond acceptors (Lipinski definition) is 4. The van der Waals surface area contributed by atoms with E-state index >= 15 is 0 Å². The lowest BCUT2D eigenvalue weighted by molar-refractivity contribution is -0.383. The number of para-hydroxylation sites is 1. The van der Waals surface area contributed by atoms with Crippen LogP contribution < -0.4 is 5.32 Å². The maximum Gasteiger partial charge on any atom is 0.295 e. The number of nitro benzene ring substituents is 1. The van der Waals surface area contributed by atoms with Gasteiger partial charge in [-0.15, -0.1) is 0 Å². The van der Waals surface area contributed by atoms with E-state index in [0.717, 1.165) is 29.8 Å². The zero-order chi connectivity index (χ0) is 14.8. The Morgan fingerprint density at radius 1 is 1.43 bits per heavy atom. The average Bonchev–Trinajstić information content (AvgIpc) is 3.31. The van der Waals surface area contributed by atoms with Crippen LogP contribution in [0.5, 0.6) is 0 Å². The van der Waals surface area contributed by atoms with Gasteiger partial charge in [-0.25, -0.2) is 4.98 Å². The molecule has 0 aliphatic heterocycles. The van der Waals surface area contributed by atoms with E-state index in [-0.39, 0.29) is 10.6 Å². The summed E-state index contributed by atoms with van der Waals surface area (Å²) in [5.74, 6) is 0.742. The van der Waals surface area contributed by atoms with Gasteiger partial charge in [0.1, 0.15) is 5.52 Å². The fourth-order valence-corrected chi connectivity index (χ4v) is 2.95. The van der Waals surface area contributed by atoms with Gasteiger partial charge >= 0.3 is 0 Å². The van der Waals surface area contributed by atoms with Gasteiger partial charge in [0.15, 0.2) is 0 Å². The van der Waals surface area contributed by atoms with Crippen LogP contribution in [-0.2, 0) is 6.42 Å². The predicted octanol–water partition coefficient (Wildman–Crippen LogP) is 3.07. The Bertz CT molecular complexity index is 668. The van der Waals surface area contributed by atoms with Crippen molar-refractivity contribution in [3.05, 3.63) is 46.1 Å². The highest BCUT2D eigenvalue weighted by atomic mass is 16.6. The minimum absolute atomic E-state index is 0.0840. The lowest BCUT2D eigenvalue weighted by Crippen LogP contribution is -2.32. The van der Waals surface area contributed by atoms with Crippen LogP contribution in [0.1, 0.15) is 25.3 Å². The molecular weight excluding hydrogens is 266 g/mol. The van der Waals surface area contributed by atoms with Gasteiger partial charge in [0.05, 0.1) is 4.92 Å². The molecule has 2 aromatic rings. The van der Waals surface area contributed by atoms with E-state index in [2.05, 4.69) is 17.2 Å². The summed E-state index contributed by atoms with van der Waals surface area (Å²) in [5.41, 5.74) is 1.72. The summed E-state index contributed by atoms with van der Waals surface area (Å²) >= 11 is 0. The molecule has 5 nitrogen and oxygen atoms in total. The predicted molar refractivity (Wildman–Crippen MR) is 82.3 cm³/mol. The van der Waals surface area contributed by atoms with Crippen LogP contribution in [0.2, 0.25) is 0 Å². The summed E-state index contributed by atoms with van der Waals surface area (Å²) in [6, 6.07) is 7.63. The molecule has 1 aliphatic rings. The zero-order valence-corrected chi connectivity index (χ0v) is 12.1. The minimum atomic E-state index is -0.359. The first-order valence-electron chi connectivity index (χ1n) is 7.45. The smallest absolute Gasteiger partial charge is 0.295 e. The van der Waals surface area contributed by atoms with Crippen molar-refractivity contribution in [1.29, 1.82) is 0 Å². The van der Waals surface area contributed by atoms with Crippen molar-refractivity contribution >= 4 is 16.6 Å². The topological polar surface area (TPSA) is 68.1 Å². The molecular formula is C16H19N3O2. The Hall–Kier alpha value is -2.01. The molecule has 1 atom stereocenters. The van der Waals surface area contributed by atoms with Gasteiger partial charge in [0.25, 0.3) is 5.69 Å². The molecule has 0 spiro atoms. The number of pyridine rings is 1. The highest BCUT2D eigenvalue weighted by Crippen LogP contribution is 2.35. The first kappa shape index (κ1) is 13.9. The number of nitrogens with one attached hydrogen (secondary N) is 1. The fourth-order valence-electron chi connectivity index (χ4n) is 2.95. The molecule has 1 saturated carbocycles. The second-order valence-electron chi connectivity index (χ2n) is 5.61. The zero-order valence-electron chi connectivity index (χ0n) is 12.1. The molecule has 1 unspecified atom stereocenters. The molecule has 0 amide bonds. The van der Waals surface area contributed by atoms with Gasteiger partial charge in [-0.1, -0.05) is 19.1 Å². The normalized spacial score (nSPS) is 16.0. The summed E-state index contributed by atoms with van der Waals surface area (Å²) < 4.78 is 0. The maximum atomic E-state index is 11.1. The van der Waals surface area contributed by atoms with Crippen molar-refractivity contribution in [3.63, 3.8) is 0 Å². The quantitative estimate of drug-likeness (QED) is 0.654.